The standard InChI is InChI=1S/C12H17N3O/c1-3-12(2,16)9-14-8-10-4-5-15-11(6-10)7-13/h4-6,14,16H,3,8-9H2,1-2H3. The summed E-state index contributed by atoms with van der Waals surface area (Å²) in [5.74, 6) is 0. The van der Waals surface area contributed by atoms with Crippen LogP contribution in [0.15, 0.2) is 18.3 Å². The largest absolute Gasteiger partial charge is 0.389 e. The second-order valence-electron chi connectivity index (χ2n) is 4.12. The van der Waals surface area contributed by atoms with Gasteiger partial charge in [0.1, 0.15) is 11.8 Å². The van der Waals surface area contributed by atoms with Crippen molar-refractivity contribution in [2.24, 2.45) is 0 Å². The molecular weight excluding hydrogens is 202 g/mol. The number of rotatable bonds is 5. The normalized spacial score (nSPS) is 14.1. The summed E-state index contributed by atoms with van der Waals surface area (Å²) in [6.07, 6.45) is 2.33. The Morgan fingerprint density at radius 3 is 3.00 bits per heavy atom. The van der Waals surface area contributed by atoms with Crippen molar-refractivity contribution < 1.29 is 5.11 Å². The highest BCUT2D eigenvalue weighted by Crippen LogP contribution is 2.07. The van der Waals surface area contributed by atoms with E-state index in [1.54, 1.807) is 19.2 Å². The number of hydrogen-bond donors (Lipinski definition) is 2. The van der Waals surface area contributed by atoms with Crippen molar-refractivity contribution >= 4 is 0 Å². The van der Waals surface area contributed by atoms with Gasteiger partial charge in [-0.3, -0.25) is 0 Å². The highest BCUT2D eigenvalue weighted by atomic mass is 16.3. The Kier molecular flexibility index (Phi) is 4.41. The molecule has 0 spiro atoms. The lowest BCUT2D eigenvalue weighted by atomic mass is 10.0. The van der Waals surface area contributed by atoms with Gasteiger partial charge in [0.15, 0.2) is 0 Å². The topological polar surface area (TPSA) is 68.9 Å². The first-order valence-electron chi connectivity index (χ1n) is 5.35. The molecule has 1 heterocycles. The second kappa shape index (κ2) is 5.59. The molecule has 0 bridgehead atoms. The van der Waals surface area contributed by atoms with Crippen LogP contribution in [0.5, 0.6) is 0 Å². The van der Waals surface area contributed by atoms with Crippen LogP contribution in [0.1, 0.15) is 31.5 Å². The molecule has 1 unspecified atom stereocenters. The van der Waals surface area contributed by atoms with Crippen molar-refractivity contribution in [2.75, 3.05) is 6.54 Å². The molecule has 0 saturated heterocycles. The van der Waals surface area contributed by atoms with Crippen molar-refractivity contribution in [1.29, 1.82) is 5.26 Å². The third kappa shape index (κ3) is 3.97. The molecule has 0 aliphatic rings. The van der Waals surface area contributed by atoms with Gasteiger partial charge in [0, 0.05) is 19.3 Å². The minimum absolute atomic E-state index is 0.418. The van der Waals surface area contributed by atoms with E-state index in [-0.39, 0.29) is 0 Å². The minimum Gasteiger partial charge on any atom is -0.389 e. The molecule has 2 N–H and O–H groups in total. The molecule has 0 saturated carbocycles. The van der Waals surface area contributed by atoms with Crippen molar-refractivity contribution in [2.45, 2.75) is 32.4 Å². The summed E-state index contributed by atoms with van der Waals surface area (Å²) < 4.78 is 0. The monoisotopic (exact) mass is 219 g/mol. The predicted octanol–water partition coefficient (Wildman–Crippen LogP) is 1.20. The molecule has 1 rings (SSSR count). The maximum absolute atomic E-state index is 9.77. The molecule has 0 fully saturated rings. The number of aliphatic hydroxyl groups is 1. The molecule has 1 atom stereocenters. The summed E-state index contributed by atoms with van der Waals surface area (Å²) in [4.78, 5) is 3.89. The predicted molar refractivity (Wildman–Crippen MR) is 61.6 cm³/mol. The molecular formula is C12H17N3O. The first kappa shape index (κ1) is 12.6. The molecule has 0 radical (unpaired) electrons. The van der Waals surface area contributed by atoms with Gasteiger partial charge in [-0.2, -0.15) is 5.26 Å². The molecule has 4 nitrogen and oxygen atoms in total. The fraction of sp³-hybridized carbons (Fsp3) is 0.500. The van der Waals surface area contributed by atoms with Crippen molar-refractivity contribution in [3.8, 4) is 6.07 Å². The van der Waals surface area contributed by atoms with Gasteiger partial charge in [0.25, 0.3) is 0 Å². The lowest BCUT2D eigenvalue weighted by molar-refractivity contribution is 0.0555. The molecule has 0 aliphatic carbocycles. The zero-order chi connectivity index (χ0) is 12.0. The van der Waals surface area contributed by atoms with E-state index in [1.165, 1.54) is 0 Å². The van der Waals surface area contributed by atoms with Crippen molar-refractivity contribution in [1.82, 2.24) is 10.3 Å². The van der Waals surface area contributed by atoms with Gasteiger partial charge in [-0.25, -0.2) is 4.98 Å². The summed E-state index contributed by atoms with van der Waals surface area (Å²) in [6, 6.07) is 5.60. The van der Waals surface area contributed by atoms with Crippen LogP contribution in [0.3, 0.4) is 0 Å². The third-order valence-corrected chi connectivity index (χ3v) is 2.54. The zero-order valence-electron chi connectivity index (χ0n) is 9.70. The minimum atomic E-state index is -0.676. The Morgan fingerprint density at radius 1 is 1.62 bits per heavy atom. The van der Waals surface area contributed by atoms with Gasteiger partial charge in [0.2, 0.25) is 0 Å². The van der Waals surface area contributed by atoms with E-state index < -0.39 is 5.60 Å². The van der Waals surface area contributed by atoms with Gasteiger partial charge in [-0.15, -0.1) is 0 Å². The molecule has 0 aromatic carbocycles. The summed E-state index contributed by atoms with van der Waals surface area (Å²) >= 11 is 0. The molecule has 0 aliphatic heterocycles. The molecule has 16 heavy (non-hydrogen) atoms. The molecule has 0 amide bonds. The van der Waals surface area contributed by atoms with Crippen LogP contribution in [0.4, 0.5) is 0 Å². The van der Waals surface area contributed by atoms with E-state index in [0.29, 0.717) is 25.2 Å². The first-order chi connectivity index (χ1) is 7.57. The first-order valence-corrected chi connectivity index (χ1v) is 5.35. The van der Waals surface area contributed by atoms with Gasteiger partial charge in [-0.1, -0.05) is 6.92 Å². The van der Waals surface area contributed by atoms with Crippen molar-refractivity contribution in [3.05, 3.63) is 29.6 Å². The number of hydrogen-bond acceptors (Lipinski definition) is 4. The zero-order valence-corrected chi connectivity index (χ0v) is 9.70. The lowest BCUT2D eigenvalue weighted by Crippen LogP contribution is -2.36. The van der Waals surface area contributed by atoms with Crippen LogP contribution < -0.4 is 5.32 Å². The van der Waals surface area contributed by atoms with Crippen LogP contribution in [0.2, 0.25) is 0 Å². The fourth-order valence-electron chi connectivity index (χ4n) is 1.25. The second-order valence-corrected chi connectivity index (χ2v) is 4.12. The maximum Gasteiger partial charge on any atom is 0.140 e. The number of nitriles is 1. The summed E-state index contributed by atoms with van der Waals surface area (Å²) in [7, 11) is 0. The molecule has 1 aromatic rings. The summed E-state index contributed by atoms with van der Waals surface area (Å²) in [5.41, 5.74) is 0.741. The summed E-state index contributed by atoms with van der Waals surface area (Å²) in [5, 5.41) is 21.6. The van der Waals surface area contributed by atoms with E-state index in [0.717, 1.165) is 5.56 Å². The third-order valence-electron chi connectivity index (χ3n) is 2.54. The molecule has 1 aromatic heterocycles. The van der Waals surface area contributed by atoms with E-state index in [4.69, 9.17) is 5.26 Å². The lowest BCUT2D eigenvalue weighted by Gasteiger charge is -2.21. The number of pyridine rings is 1. The van der Waals surface area contributed by atoms with E-state index in [2.05, 4.69) is 10.3 Å². The SMILES string of the molecule is CCC(C)(O)CNCc1ccnc(C#N)c1. The van der Waals surface area contributed by atoms with Crippen LogP contribution in [0, 0.1) is 11.3 Å². The van der Waals surface area contributed by atoms with Crippen molar-refractivity contribution in [3.63, 3.8) is 0 Å². The van der Waals surface area contributed by atoms with Crippen LogP contribution in [-0.2, 0) is 6.54 Å². The van der Waals surface area contributed by atoms with Crippen LogP contribution >= 0.6 is 0 Å². The number of nitrogens with zero attached hydrogens (tertiary/aromatic N) is 2. The summed E-state index contributed by atoms with van der Waals surface area (Å²) in [6.45, 7) is 4.91. The van der Waals surface area contributed by atoms with Gasteiger partial charge in [0.05, 0.1) is 5.60 Å². The maximum atomic E-state index is 9.77. The Balaban J connectivity index is 2.46. The number of nitrogens with one attached hydrogen (secondary N) is 1. The Labute approximate surface area is 95.9 Å². The average Bonchev–Trinajstić information content (AvgIpc) is 2.29. The average molecular weight is 219 g/mol. The number of aromatic nitrogens is 1. The molecule has 4 heteroatoms. The van der Waals surface area contributed by atoms with E-state index in [1.807, 2.05) is 19.1 Å². The Hall–Kier alpha value is -1.44. The van der Waals surface area contributed by atoms with Crippen LogP contribution in [-0.4, -0.2) is 22.2 Å². The van der Waals surface area contributed by atoms with Gasteiger partial charge >= 0.3 is 0 Å². The van der Waals surface area contributed by atoms with Gasteiger partial charge < -0.3 is 10.4 Å². The van der Waals surface area contributed by atoms with E-state index >= 15 is 0 Å². The Bertz CT molecular complexity index is 382. The fourth-order valence-corrected chi connectivity index (χ4v) is 1.25. The smallest absolute Gasteiger partial charge is 0.140 e. The quantitative estimate of drug-likeness (QED) is 0.781. The highest BCUT2D eigenvalue weighted by Gasteiger charge is 2.16. The van der Waals surface area contributed by atoms with Crippen LogP contribution in [0.25, 0.3) is 0 Å². The highest BCUT2D eigenvalue weighted by molar-refractivity contribution is 5.25. The van der Waals surface area contributed by atoms with E-state index in [9.17, 15) is 5.11 Å². The molecule has 86 valence electrons. The van der Waals surface area contributed by atoms with Gasteiger partial charge in [-0.05, 0) is 31.0 Å². The Morgan fingerprint density at radius 2 is 2.38 bits per heavy atom.